The second-order valence-corrected chi connectivity index (χ2v) is 31.0. The van der Waals surface area contributed by atoms with Gasteiger partial charge in [-0.05, 0) is 25.7 Å². The van der Waals surface area contributed by atoms with Crippen molar-refractivity contribution in [2.24, 2.45) is 0 Å². The fraction of sp³-hybridized carbons (Fsp3) is 0.949. The van der Waals surface area contributed by atoms with Gasteiger partial charge in [-0.25, -0.2) is 9.13 Å². The van der Waals surface area contributed by atoms with E-state index in [4.69, 9.17) is 37.0 Å². The van der Waals surface area contributed by atoms with Gasteiger partial charge < -0.3 is 33.8 Å². The van der Waals surface area contributed by atoms with E-state index in [1.807, 2.05) is 0 Å². The van der Waals surface area contributed by atoms with E-state index in [-0.39, 0.29) is 25.7 Å². The predicted octanol–water partition coefficient (Wildman–Crippen LogP) is 23.4. The number of aliphatic hydroxyl groups excluding tert-OH is 1. The average molecular weight is 1420 g/mol. The number of hydrogen-bond donors (Lipinski definition) is 3. The van der Waals surface area contributed by atoms with Crippen LogP contribution in [0.15, 0.2) is 0 Å². The smallest absolute Gasteiger partial charge is 0.462 e. The first kappa shape index (κ1) is 95.1. The van der Waals surface area contributed by atoms with E-state index >= 15 is 0 Å². The van der Waals surface area contributed by atoms with E-state index in [1.165, 1.54) is 238 Å². The van der Waals surface area contributed by atoms with Gasteiger partial charge in [0.1, 0.15) is 19.3 Å². The molecule has 0 amide bonds. The number of ether oxygens (including phenoxy) is 4. The number of aliphatic hydroxyl groups is 1. The van der Waals surface area contributed by atoms with Gasteiger partial charge in [-0.3, -0.25) is 37.3 Å². The molecule has 0 aromatic carbocycles. The molecule has 0 aliphatic heterocycles. The summed E-state index contributed by atoms with van der Waals surface area (Å²) >= 11 is 0. The maximum atomic E-state index is 13.1. The van der Waals surface area contributed by atoms with Crippen LogP contribution in [0, 0.1) is 0 Å². The van der Waals surface area contributed by atoms with Crippen molar-refractivity contribution in [1.29, 1.82) is 0 Å². The van der Waals surface area contributed by atoms with Crippen LogP contribution in [0.5, 0.6) is 0 Å². The van der Waals surface area contributed by atoms with E-state index in [2.05, 4.69) is 27.7 Å². The number of carbonyl (C=O) groups is 4. The molecule has 0 aliphatic rings. The first-order valence-corrected chi connectivity index (χ1v) is 43.8. The minimum Gasteiger partial charge on any atom is -0.462 e. The van der Waals surface area contributed by atoms with Crippen LogP contribution in [0.2, 0.25) is 0 Å². The third-order valence-electron chi connectivity index (χ3n) is 18.4. The lowest BCUT2D eigenvalue weighted by Crippen LogP contribution is -2.30. The summed E-state index contributed by atoms with van der Waals surface area (Å²) in [4.78, 5) is 72.7. The van der Waals surface area contributed by atoms with Crippen molar-refractivity contribution >= 4 is 39.5 Å². The average Bonchev–Trinajstić information content (AvgIpc) is 1.06. The summed E-state index contributed by atoms with van der Waals surface area (Å²) in [6, 6.07) is 0. The molecule has 97 heavy (non-hydrogen) atoms. The molecule has 0 spiro atoms. The summed E-state index contributed by atoms with van der Waals surface area (Å²) < 4.78 is 68.5. The Bertz CT molecular complexity index is 1840. The maximum absolute atomic E-state index is 13.1. The number of carbonyl (C=O) groups excluding carboxylic acids is 4. The fourth-order valence-corrected chi connectivity index (χ4v) is 13.7. The molecule has 0 saturated carbocycles. The molecule has 0 aromatic heterocycles. The van der Waals surface area contributed by atoms with Gasteiger partial charge in [0.05, 0.1) is 26.4 Å². The second kappa shape index (κ2) is 72.4. The lowest BCUT2D eigenvalue weighted by atomic mass is 10.0. The monoisotopic (exact) mass is 1420 g/mol. The van der Waals surface area contributed by atoms with Gasteiger partial charge in [-0.15, -0.1) is 0 Å². The van der Waals surface area contributed by atoms with Gasteiger partial charge in [0.2, 0.25) is 0 Å². The van der Waals surface area contributed by atoms with Gasteiger partial charge in [-0.2, -0.15) is 0 Å². The first-order chi connectivity index (χ1) is 47.2. The summed E-state index contributed by atoms with van der Waals surface area (Å²) in [5.41, 5.74) is 0. The van der Waals surface area contributed by atoms with Crippen molar-refractivity contribution in [1.82, 2.24) is 0 Å². The van der Waals surface area contributed by atoms with Crippen LogP contribution in [0.3, 0.4) is 0 Å². The highest BCUT2D eigenvalue weighted by Gasteiger charge is 2.30. The van der Waals surface area contributed by atoms with Crippen molar-refractivity contribution in [3.05, 3.63) is 0 Å². The summed E-state index contributed by atoms with van der Waals surface area (Å²) in [6.45, 7) is 4.96. The third kappa shape index (κ3) is 72.2. The molecule has 3 N–H and O–H groups in total. The zero-order valence-electron chi connectivity index (χ0n) is 63.1. The maximum Gasteiger partial charge on any atom is 0.472 e. The number of phosphoric ester groups is 2. The van der Waals surface area contributed by atoms with E-state index < -0.39 is 97.5 Å². The molecule has 0 fully saturated rings. The molecule has 0 radical (unpaired) electrons. The van der Waals surface area contributed by atoms with Crippen LogP contribution in [0.1, 0.15) is 419 Å². The molecular weight excluding hydrogens is 1270 g/mol. The molecular formula is C78H152O17P2. The van der Waals surface area contributed by atoms with Gasteiger partial charge in [0.25, 0.3) is 0 Å². The Kier molecular flexibility index (Phi) is 71.0. The van der Waals surface area contributed by atoms with Crippen molar-refractivity contribution < 1.29 is 80.2 Å². The van der Waals surface area contributed by atoms with E-state index in [1.54, 1.807) is 0 Å². The Morgan fingerprint density at radius 3 is 0.608 bits per heavy atom. The molecule has 0 rings (SSSR count). The molecule has 2 unspecified atom stereocenters. The van der Waals surface area contributed by atoms with Crippen LogP contribution >= 0.6 is 15.6 Å². The van der Waals surface area contributed by atoms with Crippen molar-refractivity contribution in [2.45, 2.75) is 438 Å². The fourth-order valence-electron chi connectivity index (χ4n) is 12.1. The Labute approximate surface area is 594 Å². The summed E-state index contributed by atoms with van der Waals surface area (Å²) in [6.07, 6.45) is 64.0. The minimum absolute atomic E-state index is 0.108. The molecule has 0 aliphatic carbocycles. The largest absolute Gasteiger partial charge is 0.472 e. The Morgan fingerprint density at radius 2 is 0.412 bits per heavy atom. The lowest BCUT2D eigenvalue weighted by Gasteiger charge is -2.21. The lowest BCUT2D eigenvalue weighted by molar-refractivity contribution is -0.161. The van der Waals surface area contributed by atoms with Crippen LogP contribution < -0.4 is 0 Å². The molecule has 5 atom stereocenters. The van der Waals surface area contributed by atoms with Crippen molar-refractivity contribution in [3.8, 4) is 0 Å². The normalized spacial score (nSPS) is 13.8. The minimum atomic E-state index is -4.96. The molecule has 0 heterocycles. The second-order valence-electron chi connectivity index (χ2n) is 28.1. The quantitative estimate of drug-likeness (QED) is 0.0222. The van der Waals surface area contributed by atoms with Crippen LogP contribution in [-0.2, 0) is 65.4 Å². The number of unbranched alkanes of at least 4 members (excludes halogenated alkanes) is 53. The highest BCUT2D eigenvalue weighted by atomic mass is 31.2. The van der Waals surface area contributed by atoms with Gasteiger partial charge >= 0.3 is 39.5 Å². The van der Waals surface area contributed by atoms with Crippen molar-refractivity contribution in [2.75, 3.05) is 39.6 Å². The molecule has 576 valence electrons. The third-order valence-corrected chi connectivity index (χ3v) is 20.3. The number of hydrogen-bond acceptors (Lipinski definition) is 15. The van der Waals surface area contributed by atoms with E-state index in [0.717, 1.165) is 103 Å². The van der Waals surface area contributed by atoms with Crippen molar-refractivity contribution in [3.63, 3.8) is 0 Å². The number of esters is 4. The first-order valence-electron chi connectivity index (χ1n) is 40.8. The Balaban J connectivity index is 5.14. The predicted molar refractivity (Wildman–Crippen MR) is 395 cm³/mol. The summed E-state index contributed by atoms with van der Waals surface area (Å²) in [5.74, 6) is -2.11. The van der Waals surface area contributed by atoms with Crippen LogP contribution in [0.4, 0.5) is 0 Å². The number of phosphoric acid groups is 2. The van der Waals surface area contributed by atoms with E-state index in [0.29, 0.717) is 25.7 Å². The van der Waals surface area contributed by atoms with Gasteiger partial charge in [0, 0.05) is 25.7 Å². The molecule has 19 heteroatoms. The zero-order valence-corrected chi connectivity index (χ0v) is 64.8. The molecule has 0 aromatic rings. The van der Waals surface area contributed by atoms with Gasteiger partial charge in [-0.1, -0.05) is 368 Å². The SMILES string of the molecule is CCCCCCCCCCCCCCCCCCCCCCCCC(=O)O[C@H](COC(=O)CCCCCCCCCCCCCCCC)COP(=O)(O)OC[C@@H](O)COP(=O)(O)OC[C@@H](COC(=O)CCCCCCCCC)OC(=O)CCCCCCCCCCCCCCCC. The zero-order chi connectivity index (χ0) is 71.1. The van der Waals surface area contributed by atoms with E-state index in [9.17, 15) is 43.2 Å². The molecule has 0 saturated heterocycles. The highest BCUT2D eigenvalue weighted by molar-refractivity contribution is 7.47. The van der Waals surface area contributed by atoms with Gasteiger partial charge in [0.15, 0.2) is 12.2 Å². The summed E-state index contributed by atoms with van der Waals surface area (Å²) in [7, 11) is -9.91. The molecule has 0 bridgehead atoms. The topological polar surface area (TPSA) is 237 Å². The number of rotatable bonds is 79. The van der Waals surface area contributed by atoms with Crippen LogP contribution in [-0.4, -0.2) is 96.7 Å². The molecule has 17 nitrogen and oxygen atoms in total. The summed E-state index contributed by atoms with van der Waals surface area (Å²) in [5, 5.41) is 10.6. The highest BCUT2D eigenvalue weighted by Crippen LogP contribution is 2.45. The standard InChI is InChI=1S/C78H152O17P2/c1-5-9-13-17-21-24-27-30-33-34-35-36-37-38-39-40-43-46-49-53-57-61-65-78(83)95-74(69-89-76(81)63-59-55-51-47-44-41-31-28-25-22-18-14-10-6-2)71-93-97(86,87)91-67-72(79)66-90-96(84,85)92-70-73(68-88-75(80)62-58-54-50-20-16-12-8-4)94-77(82)64-60-56-52-48-45-42-32-29-26-23-19-15-11-7-3/h72-74,79H,5-71H2,1-4H3,(H,84,85)(H,86,87)/t72-,73+,74+/m0/s1. The Hall–Kier alpha value is -1.94. The van der Waals surface area contributed by atoms with Crippen LogP contribution in [0.25, 0.3) is 0 Å². The Morgan fingerprint density at radius 1 is 0.247 bits per heavy atom.